The fourth-order valence-corrected chi connectivity index (χ4v) is 2.87. The van der Waals surface area contributed by atoms with Crippen LogP contribution in [0.5, 0.6) is 0 Å². The zero-order valence-corrected chi connectivity index (χ0v) is 10.0. The molecule has 86 valence electrons. The first-order valence-electron chi connectivity index (χ1n) is 5.50. The molecule has 0 radical (unpaired) electrons. The van der Waals surface area contributed by atoms with Crippen LogP contribution in [-0.4, -0.2) is 31.3 Å². The van der Waals surface area contributed by atoms with E-state index >= 15 is 0 Å². The third kappa shape index (κ3) is 1.97. The van der Waals surface area contributed by atoms with Crippen LogP contribution < -0.4 is 4.90 Å². The Kier molecular flexibility index (Phi) is 2.67. The van der Waals surface area contributed by atoms with Gasteiger partial charge < -0.3 is 9.64 Å². The molecule has 0 N–H and O–H groups in total. The summed E-state index contributed by atoms with van der Waals surface area (Å²) in [5.74, 6) is 0. The summed E-state index contributed by atoms with van der Waals surface area (Å²) >= 11 is 1.67. The van der Waals surface area contributed by atoms with E-state index in [-0.39, 0.29) is 0 Å². The molecule has 0 saturated carbocycles. The third-order valence-electron chi connectivity index (χ3n) is 2.79. The normalized spacial score (nSPS) is 16.1. The van der Waals surface area contributed by atoms with Gasteiger partial charge in [0.05, 0.1) is 35.1 Å². The van der Waals surface area contributed by atoms with E-state index in [0.29, 0.717) is 5.56 Å². The molecule has 4 nitrogen and oxygen atoms in total. The fourth-order valence-electron chi connectivity index (χ4n) is 1.87. The second kappa shape index (κ2) is 4.32. The first-order chi connectivity index (χ1) is 8.36. The van der Waals surface area contributed by atoms with E-state index in [1.165, 1.54) is 0 Å². The molecule has 1 aromatic carbocycles. The van der Waals surface area contributed by atoms with Crippen molar-refractivity contribution in [1.82, 2.24) is 4.98 Å². The molecule has 1 aliphatic heterocycles. The second-order valence-corrected chi connectivity index (χ2v) is 4.90. The summed E-state index contributed by atoms with van der Waals surface area (Å²) in [5.41, 5.74) is 1.58. The highest BCUT2D eigenvalue weighted by atomic mass is 32.1. The second-order valence-electron chi connectivity index (χ2n) is 3.89. The number of nitrogens with zero attached hydrogens (tertiary/aromatic N) is 3. The third-order valence-corrected chi connectivity index (χ3v) is 3.88. The lowest BCUT2D eigenvalue weighted by Gasteiger charge is -2.25. The van der Waals surface area contributed by atoms with E-state index in [2.05, 4.69) is 16.0 Å². The summed E-state index contributed by atoms with van der Waals surface area (Å²) in [6, 6.07) is 7.79. The summed E-state index contributed by atoms with van der Waals surface area (Å²) in [6.45, 7) is 3.31. The minimum Gasteiger partial charge on any atom is -0.378 e. The zero-order valence-electron chi connectivity index (χ0n) is 9.22. The van der Waals surface area contributed by atoms with Crippen molar-refractivity contribution < 1.29 is 4.74 Å². The minimum absolute atomic E-state index is 0.663. The van der Waals surface area contributed by atoms with Crippen molar-refractivity contribution in [1.29, 1.82) is 5.26 Å². The molecule has 0 aliphatic carbocycles. The van der Waals surface area contributed by atoms with Gasteiger partial charge in [-0.2, -0.15) is 5.26 Å². The van der Waals surface area contributed by atoms with Crippen LogP contribution in [0.15, 0.2) is 18.2 Å². The SMILES string of the molecule is N#Cc1ccc2sc(N3CCOCC3)nc2c1. The van der Waals surface area contributed by atoms with Crippen molar-refractivity contribution in [2.75, 3.05) is 31.2 Å². The Hall–Kier alpha value is -1.64. The highest BCUT2D eigenvalue weighted by molar-refractivity contribution is 7.22. The zero-order chi connectivity index (χ0) is 11.7. The molecule has 0 unspecified atom stereocenters. The van der Waals surface area contributed by atoms with Gasteiger partial charge >= 0.3 is 0 Å². The molecule has 17 heavy (non-hydrogen) atoms. The number of fused-ring (bicyclic) bond motifs is 1. The van der Waals surface area contributed by atoms with Gasteiger partial charge in [-0.15, -0.1) is 0 Å². The Morgan fingerprint density at radius 2 is 2.18 bits per heavy atom. The maximum absolute atomic E-state index is 8.85. The Labute approximate surface area is 103 Å². The average Bonchev–Trinajstić information content (AvgIpc) is 2.82. The molecular weight excluding hydrogens is 234 g/mol. The summed E-state index contributed by atoms with van der Waals surface area (Å²) in [4.78, 5) is 6.82. The number of nitriles is 1. The number of aromatic nitrogens is 1. The number of ether oxygens (including phenoxy) is 1. The van der Waals surface area contributed by atoms with Crippen LogP contribution in [0.2, 0.25) is 0 Å². The Morgan fingerprint density at radius 1 is 1.35 bits per heavy atom. The summed E-state index contributed by atoms with van der Waals surface area (Å²) in [6.07, 6.45) is 0. The molecule has 1 aliphatic rings. The lowest BCUT2D eigenvalue weighted by Crippen LogP contribution is -2.36. The smallest absolute Gasteiger partial charge is 0.186 e. The van der Waals surface area contributed by atoms with Crippen LogP contribution in [0.4, 0.5) is 5.13 Å². The summed E-state index contributed by atoms with van der Waals surface area (Å²) in [5, 5.41) is 9.88. The molecule has 1 aromatic heterocycles. The van der Waals surface area contributed by atoms with Crippen molar-refractivity contribution in [3.8, 4) is 6.07 Å². The van der Waals surface area contributed by atoms with Crippen molar-refractivity contribution in [3.05, 3.63) is 23.8 Å². The number of morpholine rings is 1. The van der Waals surface area contributed by atoms with Gasteiger partial charge in [-0.1, -0.05) is 11.3 Å². The highest BCUT2D eigenvalue weighted by Crippen LogP contribution is 2.29. The number of thiazole rings is 1. The number of hydrogen-bond acceptors (Lipinski definition) is 5. The first kappa shape index (κ1) is 10.5. The van der Waals surface area contributed by atoms with Crippen molar-refractivity contribution in [2.24, 2.45) is 0 Å². The number of rotatable bonds is 1. The molecule has 2 aromatic rings. The van der Waals surface area contributed by atoms with Crippen molar-refractivity contribution in [2.45, 2.75) is 0 Å². The van der Waals surface area contributed by atoms with Crippen LogP contribution in [0, 0.1) is 11.3 Å². The van der Waals surface area contributed by atoms with Crippen LogP contribution in [0.25, 0.3) is 10.2 Å². The molecule has 2 heterocycles. The molecular formula is C12H11N3OS. The van der Waals surface area contributed by atoms with Gasteiger partial charge in [-0.3, -0.25) is 0 Å². The number of hydrogen-bond donors (Lipinski definition) is 0. The Morgan fingerprint density at radius 3 is 2.94 bits per heavy atom. The largest absolute Gasteiger partial charge is 0.378 e. The predicted octanol–water partition coefficient (Wildman–Crippen LogP) is 2.00. The number of benzene rings is 1. The van der Waals surface area contributed by atoms with E-state index in [1.807, 2.05) is 18.2 Å². The quantitative estimate of drug-likeness (QED) is 0.771. The van der Waals surface area contributed by atoms with Crippen molar-refractivity contribution >= 4 is 26.7 Å². The lowest BCUT2D eigenvalue weighted by atomic mass is 10.2. The maximum Gasteiger partial charge on any atom is 0.186 e. The van der Waals surface area contributed by atoms with Gasteiger partial charge in [-0.05, 0) is 18.2 Å². The summed E-state index contributed by atoms with van der Waals surface area (Å²) < 4.78 is 6.45. The first-order valence-corrected chi connectivity index (χ1v) is 6.32. The van der Waals surface area contributed by atoms with E-state index in [0.717, 1.165) is 41.7 Å². The lowest BCUT2D eigenvalue weighted by molar-refractivity contribution is 0.122. The van der Waals surface area contributed by atoms with Crippen LogP contribution >= 0.6 is 11.3 Å². The number of anilines is 1. The monoisotopic (exact) mass is 245 g/mol. The average molecular weight is 245 g/mol. The predicted molar refractivity (Wildman–Crippen MR) is 67.4 cm³/mol. The van der Waals surface area contributed by atoms with Crippen LogP contribution in [0.3, 0.4) is 0 Å². The van der Waals surface area contributed by atoms with Gasteiger partial charge in [0, 0.05) is 13.1 Å². The van der Waals surface area contributed by atoms with Crippen LogP contribution in [-0.2, 0) is 4.74 Å². The molecule has 3 rings (SSSR count). The molecule has 0 spiro atoms. The Balaban J connectivity index is 1.98. The van der Waals surface area contributed by atoms with Crippen molar-refractivity contribution in [3.63, 3.8) is 0 Å². The van der Waals surface area contributed by atoms with Gasteiger partial charge in [0.25, 0.3) is 0 Å². The minimum atomic E-state index is 0.663. The molecule has 1 fully saturated rings. The van der Waals surface area contributed by atoms with Gasteiger partial charge in [-0.25, -0.2) is 4.98 Å². The molecule has 5 heteroatoms. The van der Waals surface area contributed by atoms with E-state index in [4.69, 9.17) is 10.00 Å². The molecule has 0 bridgehead atoms. The van der Waals surface area contributed by atoms with E-state index < -0.39 is 0 Å². The molecule has 0 atom stereocenters. The van der Waals surface area contributed by atoms with Gasteiger partial charge in [0.1, 0.15) is 0 Å². The van der Waals surface area contributed by atoms with E-state index in [9.17, 15) is 0 Å². The molecule has 1 saturated heterocycles. The highest BCUT2D eigenvalue weighted by Gasteiger charge is 2.15. The molecule has 0 amide bonds. The maximum atomic E-state index is 8.85. The summed E-state index contributed by atoms with van der Waals surface area (Å²) in [7, 11) is 0. The standard InChI is InChI=1S/C12H11N3OS/c13-8-9-1-2-11-10(7-9)14-12(17-11)15-3-5-16-6-4-15/h1-2,7H,3-6H2. The topological polar surface area (TPSA) is 49.2 Å². The van der Waals surface area contributed by atoms with E-state index in [1.54, 1.807) is 11.3 Å². The van der Waals surface area contributed by atoms with Gasteiger partial charge in [0.15, 0.2) is 5.13 Å². The van der Waals surface area contributed by atoms with Gasteiger partial charge in [0.2, 0.25) is 0 Å². The van der Waals surface area contributed by atoms with Crippen LogP contribution in [0.1, 0.15) is 5.56 Å². The fraction of sp³-hybridized carbons (Fsp3) is 0.333. The Bertz CT molecular complexity index is 581.